The van der Waals surface area contributed by atoms with Crippen molar-refractivity contribution in [3.8, 4) is 0 Å². The van der Waals surface area contributed by atoms with Crippen molar-refractivity contribution in [2.45, 2.75) is 65.1 Å². The van der Waals surface area contributed by atoms with Gasteiger partial charge >= 0.3 is 0 Å². The Balaban J connectivity index is 1.97. The van der Waals surface area contributed by atoms with Crippen LogP contribution in [0.3, 0.4) is 0 Å². The summed E-state index contributed by atoms with van der Waals surface area (Å²) in [7, 11) is 0. The Morgan fingerprint density at radius 1 is 1.20 bits per heavy atom. The van der Waals surface area contributed by atoms with Gasteiger partial charge in [-0.15, -0.1) is 0 Å². The largest absolute Gasteiger partial charge is 0.332 e. The highest BCUT2D eigenvalue weighted by Crippen LogP contribution is 2.20. The summed E-state index contributed by atoms with van der Waals surface area (Å²) < 4.78 is 2.26. The van der Waals surface area contributed by atoms with Crippen LogP contribution in [-0.4, -0.2) is 33.6 Å². The molecule has 1 fully saturated rings. The van der Waals surface area contributed by atoms with E-state index in [1.807, 2.05) is 12.5 Å². The van der Waals surface area contributed by atoms with Crippen LogP contribution in [0.2, 0.25) is 0 Å². The number of hydrogen-bond donors (Lipinski definition) is 1. The van der Waals surface area contributed by atoms with Crippen LogP contribution in [0.25, 0.3) is 0 Å². The first-order valence-corrected chi connectivity index (χ1v) is 8.07. The van der Waals surface area contributed by atoms with Crippen LogP contribution in [0, 0.1) is 5.92 Å². The van der Waals surface area contributed by atoms with E-state index in [0.717, 1.165) is 13.0 Å². The first-order chi connectivity index (χ1) is 9.58. The van der Waals surface area contributed by atoms with Gasteiger partial charge in [0, 0.05) is 24.8 Å². The van der Waals surface area contributed by atoms with Crippen LogP contribution in [0.5, 0.6) is 0 Å². The van der Waals surface area contributed by atoms with Gasteiger partial charge in [-0.05, 0) is 45.2 Å². The number of nitrogens with zero attached hydrogens (tertiary/aromatic N) is 3. The first-order valence-electron chi connectivity index (χ1n) is 8.07. The third-order valence-electron chi connectivity index (χ3n) is 4.32. The SMILES string of the molecule is CC(C)CC(N)c1cncn1CC(C)N1CCCCC1. The average Bonchev–Trinajstić information content (AvgIpc) is 2.87. The lowest BCUT2D eigenvalue weighted by atomic mass is 10.0. The molecule has 1 aromatic rings. The number of aromatic nitrogens is 2. The highest BCUT2D eigenvalue weighted by molar-refractivity contribution is 5.05. The molecule has 114 valence electrons. The molecule has 2 unspecified atom stereocenters. The number of likely N-dealkylation sites (tertiary alicyclic amines) is 1. The second-order valence-electron chi connectivity index (χ2n) is 6.65. The van der Waals surface area contributed by atoms with Gasteiger partial charge in [0.25, 0.3) is 0 Å². The van der Waals surface area contributed by atoms with Gasteiger partial charge in [0.1, 0.15) is 0 Å². The minimum atomic E-state index is 0.103. The number of imidazole rings is 1. The quantitative estimate of drug-likeness (QED) is 0.870. The van der Waals surface area contributed by atoms with Crippen LogP contribution >= 0.6 is 0 Å². The van der Waals surface area contributed by atoms with Gasteiger partial charge < -0.3 is 10.3 Å². The Hall–Kier alpha value is -0.870. The van der Waals surface area contributed by atoms with Crippen LogP contribution < -0.4 is 5.73 Å². The van der Waals surface area contributed by atoms with Crippen LogP contribution in [0.1, 0.15) is 58.2 Å². The lowest BCUT2D eigenvalue weighted by molar-refractivity contribution is 0.158. The molecular formula is C16H30N4. The minimum Gasteiger partial charge on any atom is -0.332 e. The topological polar surface area (TPSA) is 47.1 Å². The second-order valence-corrected chi connectivity index (χ2v) is 6.65. The van der Waals surface area contributed by atoms with Gasteiger partial charge in [0.15, 0.2) is 0 Å². The predicted octanol–water partition coefficient (Wildman–Crippen LogP) is 2.80. The highest BCUT2D eigenvalue weighted by atomic mass is 15.2. The van der Waals surface area contributed by atoms with Gasteiger partial charge in [-0.2, -0.15) is 0 Å². The van der Waals surface area contributed by atoms with E-state index in [1.54, 1.807) is 0 Å². The number of rotatable bonds is 6. The normalized spacial score (nSPS) is 20.2. The van der Waals surface area contributed by atoms with E-state index in [1.165, 1.54) is 38.0 Å². The summed E-state index contributed by atoms with van der Waals surface area (Å²) in [5.74, 6) is 0.618. The molecule has 1 saturated heterocycles. The van der Waals surface area contributed by atoms with Crippen molar-refractivity contribution < 1.29 is 0 Å². The fourth-order valence-corrected chi connectivity index (χ4v) is 3.18. The van der Waals surface area contributed by atoms with E-state index in [9.17, 15) is 0 Å². The van der Waals surface area contributed by atoms with Gasteiger partial charge in [-0.1, -0.05) is 20.3 Å². The van der Waals surface area contributed by atoms with Crippen molar-refractivity contribution in [2.24, 2.45) is 11.7 Å². The summed E-state index contributed by atoms with van der Waals surface area (Å²) in [5.41, 5.74) is 7.50. The van der Waals surface area contributed by atoms with E-state index in [2.05, 4.69) is 35.2 Å². The molecule has 1 aliphatic heterocycles. The lowest BCUT2D eigenvalue weighted by Crippen LogP contribution is -2.40. The zero-order chi connectivity index (χ0) is 14.5. The van der Waals surface area contributed by atoms with Gasteiger partial charge in [0.05, 0.1) is 12.0 Å². The van der Waals surface area contributed by atoms with Crippen LogP contribution in [0.15, 0.2) is 12.5 Å². The Morgan fingerprint density at radius 3 is 2.55 bits per heavy atom. The Kier molecular flexibility index (Phi) is 5.61. The van der Waals surface area contributed by atoms with Crippen molar-refractivity contribution in [1.29, 1.82) is 0 Å². The van der Waals surface area contributed by atoms with E-state index in [-0.39, 0.29) is 6.04 Å². The zero-order valence-electron chi connectivity index (χ0n) is 13.3. The Labute approximate surface area is 123 Å². The van der Waals surface area contributed by atoms with Crippen molar-refractivity contribution in [1.82, 2.24) is 14.5 Å². The zero-order valence-corrected chi connectivity index (χ0v) is 13.3. The summed E-state index contributed by atoms with van der Waals surface area (Å²) in [5, 5.41) is 0. The third-order valence-corrected chi connectivity index (χ3v) is 4.32. The summed E-state index contributed by atoms with van der Waals surface area (Å²) in [6.45, 7) is 10.2. The first kappa shape index (κ1) is 15.5. The molecular weight excluding hydrogens is 248 g/mol. The summed E-state index contributed by atoms with van der Waals surface area (Å²) in [4.78, 5) is 6.91. The molecule has 0 amide bonds. The van der Waals surface area contributed by atoms with Crippen molar-refractivity contribution >= 4 is 0 Å². The Morgan fingerprint density at radius 2 is 1.90 bits per heavy atom. The molecule has 0 bridgehead atoms. The van der Waals surface area contributed by atoms with Gasteiger partial charge in [-0.25, -0.2) is 4.98 Å². The summed E-state index contributed by atoms with van der Waals surface area (Å²) >= 11 is 0. The maximum absolute atomic E-state index is 6.32. The maximum atomic E-state index is 6.32. The third kappa shape index (κ3) is 4.06. The standard InChI is InChI=1S/C16H30N4/c1-13(2)9-15(17)16-10-18-12-20(16)11-14(3)19-7-5-4-6-8-19/h10,12-15H,4-9,11,17H2,1-3H3. The number of hydrogen-bond acceptors (Lipinski definition) is 3. The molecule has 20 heavy (non-hydrogen) atoms. The second kappa shape index (κ2) is 7.23. The summed E-state index contributed by atoms with van der Waals surface area (Å²) in [6, 6.07) is 0.667. The smallest absolute Gasteiger partial charge is 0.0949 e. The molecule has 0 spiro atoms. The Bertz CT molecular complexity index is 393. The monoisotopic (exact) mass is 278 g/mol. The molecule has 0 aromatic carbocycles. The molecule has 0 radical (unpaired) electrons. The highest BCUT2D eigenvalue weighted by Gasteiger charge is 2.19. The average molecular weight is 278 g/mol. The minimum absolute atomic E-state index is 0.103. The molecule has 2 atom stereocenters. The number of piperidine rings is 1. The molecule has 4 heteroatoms. The molecule has 1 aromatic heterocycles. The molecule has 4 nitrogen and oxygen atoms in total. The molecule has 2 N–H and O–H groups in total. The molecule has 0 saturated carbocycles. The van der Waals surface area contributed by atoms with E-state index < -0.39 is 0 Å². The van der Waals surface area contributed by atoms with Crippen molar-refractivity contribution in [2.75, 3.05) is 13.1 Å². The van der Waals surface area contributed by atoms with Crippen molar-refractivity contribution in [3.05, 3.63) is 18.2 Å². The fourth-order valence-electron chi connectivity index (χ4n) is 3.18. The summed E-state index contributed by atoms with van der Waals surface area (Å²) in [6.07, 6.45) is 8.97. The molecule has 0 aliphatic carbocycles. The molecule has 2 rings (SSSR count). The van der Waals surface area contributed by atoms with E-state index >= 15 is 0 Å². The maximum Gasteiger partial charge on any atom is 0.0949 e. The number of nitrogens with two attached hydrogens (primary N) is 1. The van der Waals surface area contributed by atoms with E-state index in [0.29, 0.717) is 12.0 Å². The van der Waals surface area contributed by atoms with E-state index in [4.69, 9.17) is 5.73 Å². The van der Waals surface area contributed by atoms with Gasteiger partial charge in [-0.3, -0.25) is 4.90 Å². The molecule has 1 aliphatic rings. The fraction of sp³-hybridized carbons (Fsp3) is 0.812. The predicted molar refractivity (Wildman–Crippen MR) is 83.5 cm³/mol. The van der Waals surface area contributed by atoms with Gasteiger partial charge in [0.2, 0.25) is 0 Å². The van der Waals surface area contributed by atoms with Crippen LogP contribution in [-0.2, 0) is 6.54 Å². The van der Waals surface area contributed by atoms with Crippen LogP contribution in [0.4, 0.5) is 0 Å². The molecule has 2 heterocycles. The van der Waals surface area contributed by atoms with Crippen molar-refractivity contribution in [3.63, 3.8) is 0 Å². The lowest BCUT2D eigenvalue weighted by Gasteiger charge is -2.33.